The predicted octanol–water partition coefficient (Wildman–Crippen LogP) is 6.45. The van der Waals surface area contributed by atoms with Gasteiger partial charge in [-0.3, -0.25) is 19.3 Å². The first-order valence-electron chi connectivity index (χ1n) is 10.3. The highest BCUT2D eigenvalue weighted by Crippen LogP contribution is 2.45. The molecule has 2 aromatic carbocycles. The van der Waals surface area contributed by atoms with E-state index in [1.807, 2.05) is 0 Å². The smallest absolute Gasteiger partial charge is 0.329 e. The van der Waals surface area contributed by atoms with Crippen LogP contribution in [0.4, 0.5) is 5.69 Å². The lowest BCUT2D eigenvalue weighted by Gasteiger charge is -2.26. The van der Waals surface area contributed by atoms with Crippen molar-refractivity contribution in [2.75, 3.05) is 11.9 Å². The Balaban J connectivity index is 1.83. The number of fused-ring (bicyclic) bond motifs is 1. The number of imide groups is 1. The summed E-state index contributed by atoms with van der Waals surface area (Å²) in [5.74, 6) is -3.43. The molecule has 2 aromatic rings. The highest BCUT2D eigenvalue weighted by atomic mass is 35.5. The normalized spacial score (nSPS) is 13.8. The van der Waals surface area contributed by atoms with E-state index in [4.69, 9.17) is 62.7 Å². The van der Waals surface area contributed by atoms with Gasteiger partial charge in [-0.25, -0.2) is 4.79 Å². The highest BCUT2D eigenvalue weighted by molar-refractivity contribution is 6.55. The summed E-state index contributed by atoms with van der Waals surface area (Å²) in [6, 6.07) is 3.61. The standard InChI is InChI=1S/C23H19Cl5N2O5/c1-9(2)6-13(23(34)35-8-14(31)29-12-7-11(24)5-4-10(12)3)30-21(32)15-16(22(30)33)18(26)20(28)19(27)17(15)25/h4-5,7,9,13H,6,8H2,1-3H3,(H,29,31)/t13-/m0/s1. The van der Waals surface area contributed by atoms with Gasteiger partial charge in [-0.05, 0) is 37.0 Å². The molecule has 3 amide bonds. The second kappa shape index (κ2) is 10.9. The number of esters is 1. The molecule has 0 spiro atoms. The van der Waals surface area contributed by atoms with Crippen LogP contribution in [0, 0.1) is 12.8 Å². The first-order valence-corrected chi connectivity index (χ1v) is 12.2. The van der Waals surface area contributed by atoms with Gasteiger partial charge < -0.3 is 10.1 Å². The molecule has 0 unspecified atom stereocenters. The van der Waals surface area contributed by atoms with Crippen LogP contribution < -0.4 is 5.32 Å². The van der Waals surface area contributed by atoms with Crippen molar-refractivity contribution in [3.8, 4) is 0 Å². The molecule has 0 bridgehead atoms. The van der Waals surface area contributed by atoms with Gasteiger partial charge in [0.15, 0.2) is 6.61 Å². The van der Waals surface area contributed by atoms with Crippen molar-refractivity contribution in [2.24, 2.45) is 5.92 Å². The van der Waals surface area contributed by atoms with Crippen LogP contribution in [0.2, 0.25) is 25.1 Å². The molecule has 1 N–H and O–H groups in total. The molecule has 1 heterocycles. The fourth-order valence-electron chi connectivity index (χ4n) is 3.55. The zero-order chi connectivity index (χ0) is 26.2. The summed E-state index contributed by atoms with van der Waals surface area (Å²) in [7, 11) is 0. The molecule has 1 atom stereocenters. The summed E-state index contributed by atoms with van der Waals surface area (Å²) in [6.45, 7) is 4.71. The maximum atomic E-state index is 13.2. The molecule has 0 saturated carbocycles. The molecule has 0 saturated heterocycles. The lowest BCUT2D eigenvalue weighted by atomic mass is 10.0. The van der Waals surface area contributed by atoms with Gasteiger partial charge in [0.1, 0.15) is 6.04 Å². The minimum absolute atomic E-state index is 0.0655. The number of hydrogen-bond acceptors (Lipinski definition) is 5. The number of anilines is 1. The van der Waals surface area contributed by atoms with Crippen LogP contribution in [-0.2, 0) is 14.3 Å². The molecule has 3 rings (SSSR count). The maximum absolute atomic E-state index is 13.2. The van der Waals surface area contributed by atoms with Crippen LogP contribution >= 0.6 is 58.0 Å². The van der Waals surface area contributed by atoms with Crippen molar-refractivity contribution >= 4 is 87.4 Å². The third-order valence-electron chi connectivity index (χ3n) is 5.23. The van der Waals surface area contributed by atoms with Crippen LogP contribution in [0.1, 0.15) is 46.5 Å². The third kappa shape index (κ3) is 5.54. The molecular weight excluding hydrogens is 562 g/mol. The summed E-state index contributed by atoms with van der Waals surface area (Å²) in [4.78, 5) is 52.5. The van der Waals surface area contributed by atoms with E-state index in [9.17, 15) is 19.2 Å². The number of benzene rings is 2. The molecule has 186 valence electrons. The number of hydrogen-bond donors (Lipinski definition) is 1. The van der Waals surface area contributed by atoms with Crippen molar-refractivity contribution in [1.82, 2.24) is 4.90 Å². The Hall–Kier alpha value is -2.03. The zero-order valence-electron chi connectivity index (χ0n) is 18.7. The number of carbonyl (C=O) groups is 4. The SMILES string of the molecule is Cc1ccc(Cl)cc1NC(=O)COC(=O)[C@H](CC(C)C)N1C(=O)c2c(Cl)c(Cl)c(Cl)c(Cl)c2C1=O. The topological polar surface area (TPSA) is 92.8 Å². The van der Waals surface area contributed by atoms with E-state index in [-0.39, 0.29) is 43.6 Å². The van der Waals surface area contributed by atoms with Crippen LogP contribution in [-0.4, -0.2) is 41.2 Å². The Morgan fingerprint density at radius 2 is 1.49 bits per heavy atom. The van der Waals surface area contributed by atoms with Crippen molar-refractivity contribution in [3.05, 3.63) is 60.0 Å². The molecular formula is C23H19Cl5N2O5. The first-order chi connectivity index (χ1) is 16.3. The molecule has 0 fully saturated rings. The first kappa shape index (κ1) is 27.6. The summed E-state index contributed by atoms with van der Waals surface area (Å²) in [5, 5.41) is 2.16. The van der Waals surface area contributed by atoms with E-state index in [0.717, 1.165) is 10.5 Å². The van der Waals surface area contributed by atoms with E-state index in [2.05, 4.69) is 5.32 Å². The van der Waals surface area contributed by atoms with Gasteiger partial charge in [0.05, 0.1) is 31.2 Å². The van der Waals surface area contributed by atoms with Gasteiger partial charge in [0.25, 0.3) is 17.7 Å². The number of carbonyl (C=O) groups excluding carboxylic acids is 4. The fraction of sp³-hybridized carbons (Fsp3) is 0.304. The summed E-state index contributed by atoms with van der Waals surface area (Å²) >= 11 is 30.4. The minimum atomic E-state index is -1.34. The van der Waals surface area contributed by atoms with Crippen molar-refractivity contribution < 1.29 is 23.9 Å². The number of ether oxygens (including phenoxy) is 1. The molecule has 7 nitrogen and oxygen atoms in total. The number of nitrogens with zero attached hydrogens (tertiary/aromatic N) is 1. The summed E-state index contributed by atoms with van der Waals surface area (Å²) < 4.78 is 5.18. The van der Waals surface area contributed by atoms with Crippen molar-refractivity contribution in [2.45, 2.75) is 33.2 Å². The number of aryl methyl sites for hydroxylation is 1. The van der Waals surface area contributed by atoms with E-state index in [1.54, 1.807) is 39.0 Å². The molecule has 0 aliphatic carbocycles. The number of amides is 3. The minimum Gasteiger partial charge on any atom is -0.454 e. The highest BCUT2D eigenvalue weighted by Gasteiger charge is 2.47. The Kier molecular flexibility index (Phi) is 8.60. The van der Waals surface area contributed by atoms with Gasteiger partial charge in [0, 0.05) is 10.7 Å². The average Bonchev–Trinajstić information content (AvgIpc) is 3.05. The van der Waals surface area contributed by atoms with Gasteiger partial charge in [0.2, 0.25) is 0 Å². The lowest BCUT2D eigenvalue weighted by Crippen LogP contribution is -2.47. The number of rotatable bonds is 7. The van der Waals surface area contributed by atoms with E-state index < -0.39 is 36.3 Å². The fourth-order valence-corrected chi connectivity index (χ4v) is 4.74. The van der Waals surface area contributed by atoms with E-state index in [1.165, 1.54) is 0 Å². The molecule has 0 aromatic heterocycles. The molecule has 1 aliphatic heterocycles. The van der Waals surface area contributed by atoms with Crippen LogP contribution in [0.25, 0.3) is 0 Å². The summed E-state index contributed by atoms with van der Waals surface area (Å²) in [5.41, 5.74) is 0.720. The van der Waals surface area contributed by atoms with Crippen LogP contribution in [0.5, 0.6) is 0 Å². The van der Waals surface area contributed by atoms with E-state index in [0.29, 0.717) is 10.7 Å². The monoisotopic (exact) mass is 578 g/mol. The van der Waals surface area contributed by atoms with Crippen LogP contribution in [0.15, 0.2) is 18.2 Å². The van der Waals surface area contributed by atoms with Crippen molar-refractivity contribution in [1.29, 1.82) is 0 Å². The van der Waals surface area contributed by atoms with E-state index >= 15 is 0 Å². The Morgan fingerprint density at radius 1 is 0.943 bits per heavy atom. The predicted molar refractivity (Wildman–Crippen MR) is 136 cm³/mol. The average molecular weight is 581 g/mol. The number of nitrogens with one attached hydrogen (secondary N) is 1. The van der Waals surface area contributed by atoms with Crippen molar-refractivity contribution in [3.63, 3.8) is 0 Å². The van der Waals surface area contributed by atoms with Gasteiger partial charge in [-0.1, -0.05) is 77.9 Å². The third-order valence-corrected chi connectivity index (χ3v) is 7.27. The second-order valence-electron chi connectivity index (χ2n) is 8.25. The van der Waals surface area contributed by atoms with Gasteiger partial charge in [-0.15, -0.1) is 0 Å². The molecule has 1 aliphatic rings. The Bertz CT molecular complexity index is 1200. The number of halogens is 5. The van der Waals surface area contributed by atoms with Crippen LogP contribution in [0.3, 0.4) is 0 Å². The maximum Gasteiger partial charge on any atom is 0.329 e. The molecule has 35 heavy (non-hydrogen) atoms. The second-order valence-corrected chi connectivity index (χ2v) is 10.2. The summed E-state index contributed by atoms with van der Waals surface area (Å²) in [6.07, 6.45) is 0.0655. The zero-order valence-corrected chi connectivity index (χ0v) is 22.5. The largest absolute Gasteiger partial charge is 0.454 e. The quantitative estimate of drug-likeness (QED) is 0.176. The Labute approximate surface area is 226 Å². The Morgan fingerprint density at radius 3 is 2.00 bits per heavy atom. The van der Waals surface area contributed by atoms with Gasteiger partial charge in [-0.2, -0.15) is 0 Å². The van der Waals surface area contributed by atoms with Gasteiger partial charge >= 0.3 is 5.97 Å². The molecule has 12 heteroatoms. The lowest BCUT2D eigenvalue weighted by molar-refractivity contribution is -0.151. The molecule has 0 radical (unpaired) electrons.